The summed E-state index contributed by atoms with van der Waals surface area (Å²) in [6.07, 6.45) is 2.64. The van der Waals surface area contributed by atoms with Crippen LogP contribution in [0.5, 0.6) is 5.75 Å². The van der Waals surface area contributed by atoms with Gasteiger partial charge >= 0.3 is 0 Å². The van der Waals surface area contributed by atoms with Crippen LogP contribution in [0.4, 0.5) is 0 Å². The van der Waals surface area contributed by atoms with Crippen LogP contribution in [0.15, 0.2) is 27.3 Å². The maximum absolute atomic E-state index is 6.16. The number of hydrogen-bond donors (Lipinski definition) is 0. The molecule has 0 N–H and O–H groups in total. The SMILES string of the molecule is CCC(Cl)c1cn(-c2cc(OC)c(Br)cc2Br)nn1. The fourth-order valence-electron chi connectivity index (χ4n) is 1.60. The van der Waals surface area contributed by atoms with E-state index in [0.717, 1.165) is 32.5 Å². The molecule has 1 atom stereocenters. The standard InChI is InChI=1S/C12H12Br2ClN3O/c1-3-9(15)10-6-18(17-16-10)11-5-12(19-2)8(14)4-7(11)13/h4-6,9H,3H2,1-2H3. The first-order valence-electron chi connectivity index (χ1n) is 5.66. The van der Waals surface area contributed by atoms with Crippen LogP contribution in [-0.4, -0.2) is 22.1 Å². The van der Waals surface area contributed by atoms with Gasteiger partial charge in [0.25, 0.3) is 0 Å². The minimum atomic E-state index is -0.120. The van der Waals surface area contributed by atoms with E-state index < -0.39 is 0 Å². The Morgan fingerprint density at radius 3 is 2.74 bits per heavy atom. The molecular formula is C12H12Br2ClN3O. The van der Waals surface area contributed by atoms with Gasteiger partial charge in [0.1, 0.15) is 11.4 Å². The van der Waals surface area contributed by atoms with E-state index in [1.165, 1.54) is 0 Å². The van der Waals surface area contributed by atoms with E-state index in [2.05, 4.69) is 42.2 Å². The van der Waals surface area contributed by atoms with Gasteiger partial charge in [-0.05, 0) is 44.3 Å². The monoisotopic (exact) mass is 407 g/mol. The molecule has 0 amide bonds. The van der Waals surface area contributed by atoms with E-state index in [0.29, 0.717) is 0 Å². The summed E-state index contributed by atoms with van der Waals surface area (Å²) in [6, 6.07) is 3.79. The molecule has 2 aromatic rings. The van der Waals surface area contributed by atoms with Crippen molar-refractivity contribution >= 4 is 43.5 Å². The molecule has 0 saturated heterocycles. The maximum Gasteiger partial charge on any atom is 0.135 e. The van der Waals surface area contributed by atoms with Crippen LogP contribution >= 0.6 is 43.5 Å². The lowest BCUT2D eigenvalue weighted by molar-refractivity contribution is 0.411. The molecule has 2 rings (SSSR count). The molecule has 1 aromatic heterocycles. The molecule has 1 unspecified atom stereocenters. The molecule has 0 aliphatic carbocycles. The molecule has 0 radical (unpaired) electrons. The Morgan fingerprint density at radius 2 is 2.11 bits per heavy atom. The zero-order chi connectivity index (χ0) is 14.0. The van der Waals surface area contributed by atoms with Crippen molar-refractivity contribution in [3.63, 3.8) is 0 Å². The predicted molar refractivity (Wildman–Crippen MR) is 82.2 cm³/mol. The normalized spacial score (nSPS) is 12.5. The Hall–Kier alpha value is -0.590. The number of halogens is 3. The number of rotatable bonds is 4. The van der Waals surface area contributed by atoms with Crippen molar-refractivity contribution in [2.24, 2.45) is 0 Å². The molecule has 0 saturated carbocycles. The van der Waals surface area contributed by atoms with Gasteiger partial charge in [0, 0.05) is 10.5 Å². The minimum absolute atomic E-state index is 0.120. The van der Waals surface area contributed by atoms with Crippen molar-refractivity contribution in [1.29, 1.82) is 0 Å². The second-order valence-electron chi connectivity index (χ2n) is 3.90. The summed E-state index contributed by atoms with van der Waals surface area (Å²) in [5.74, 6) is 0.730. The summed E-state index contributed by atoms with van der Waals surface area (Å²) >= 11 is 13.1. The van der Waals surface area contributed by atoms with E-state index in [1.807, 2.05) is 25.3 Å². The summed E-state index contributed by atoms with van der Waals surface area (Å²) in [5, 5.41) is 8.07. The number of alkyl halides is 1. The highest BCUT2D eigenvalue weighted by Crippen LogP contribution is 2.33. The summed E-state index contributed by atoms with van der Waals surface area (Å²) in [6.45, 7) is 2.01. The summed E-state index contributed by atoms with van der Waals surface area (Å²) < 4.78 is 8.72. The van der Waals surface area contributed by atoms with Crippen LogP contribution in [-0.2, 0) is 0 Å². The average Bonchev–Trinajstić information content (AvgIpc) is 2.87. The smallest absolute Gasteiger partial charge is 0.135 e. The Kier molecular flexibility index (Phi) is 4.86. The Morgan fingerprint density at radius 1 is 1.37 bits per heavy atom. The van der Waals surface area contributed by atoms with E-state index in [1.54, 1.807) is 11.8 Å². The summed E-state index contributed by atoms with van der Waals surface area (Å²) in [5.41, 5.74) is 1.61. The third-order valence-corrected chi connectivity index (χ3v) is 4.45. The fourth-order valence-corrected chi connectivity index (χ4v) is 3.03. The predicted octanol–water partition coefficient (Wildman–Crippen LogP) is 4.49. The first-order valence-corrected chi connectivity index (χ1v) is 7.68. The highest BCUT2D eigenvalue weighted by atomic mass is 79.9. The van der Waals surface area contributed by atoms with Crippen molar-refractivity contribution in [3.8, 4) is 11.4 Å². The van der Waals surface area contributed by atoms with Crippen LogP contribution in [0.2, 0.25) is 0 Å². The Labute approximate surface area is 133 Å². The fraction of sp³-hybridized carbons (Fsp3) is 0.333. The van der Waals surface area contributed by atoms with Gasteiger partial charge in [-0.3, -0.25) is 0 Å². The molecule has 0 bridgehead atoms. The molecule has 1 aromatic carbocycles. The number of aromatic nitrogens is 3. The molecule has 0 spiro atoms. The number of nitrogens with zero attached hydrogens (tertiary/aromatic N) is 3. The van der Waals surface area contributed by atoms with Crippen LogP contribution in [0.3, 0.4) is 0 Å². The molecule has 19 heavy (non-hydrogen) atoms. The highest BCUT2D eigenvalue weighted by molar-refractivity contribution is 9.11. The average molecular weight is 410 g/mol. The van der Waals surface area contributed by atoms with E-state index >= 15 is 0 Å². The zero-order valence-corrected chi connectivity index (χ0v) is 14.3. The molecule has 102 valence electrons. The van der Waals surface area contributed by atoms with Crippen molar-refractivity contribution in [2.45, 2.75) is 18.7 Å². The molecule has 0 aliphatic heterocycles. The second kappa shape index (κ2) is 6.24. The van der Waals surface area contributed by atoms with Gasteiger partial charge in [0.05, 0.1) is 28.8 Å². The van der Waals surface area contributed by atoms with Crippen LogP contribution in [0.25, 0.3) is 5.69 Å². The highest BCUT2D eigenvalue weighted by Gasteiger charge is 2.14. The van der Waals surface area contributed by atoms with Gasteiger partial charge < -0.3 is 4.74 Å². The van der Waals surface area contributed by atoms with Crippen molar-refractivity contribution < 1.29 is 4.74 Å². The number of benzene rings is 1. The largest absolute Gasteiger partial charge is 0.495 e. The lowest BCUT2D eigenvalue weighted by Gasteiger charge is -2.08. The van der Waals surface area contributed by atoms with Crippen LogP contribution in [0.1, 0.15) is 24.4 Å². The Bertz CT molecular complexity index is 588. The minimum Gasteiger partial charge on any atom is -0.495 e. The van der Waals surface area contributed by atoms with Crippen LogP contribution < -0.4 is 4.74 Å². The van der Waals surface area contributed by atoms with Crippen molar-refractivity contribution in [3.05, 3.63) is 33.0 Å². The molecule has 0 aliphatic rings. The Balaban J connectivity index is 2.44. The van der Waals surface area contributed by atoms with Gasteiger partial charge in [-0.2, -0.15) is 0 Å². The third-order valence-electron chi connectivity index (χ3n) is 2.66. The quantitative estimate of drug-likeness (QED) is 0.699. The van der Waals surface area contributed by atoms with Gasteiger partial charge in [0.2, 0.25) is 0 Å². The van der Waals surface area contributed by atoms with Gasteiger partial charge in [-0.15, -0.1) is 16.7 Å². The molecule has 4 nitrogen and oxygen atoms in total. The molecule has 0 fully saturated rings. The lowest BCUT2D eigenvalue weighted by atomic mass is 10.2. The van der Waals surface area contributed by atoms with Gasteiger partial charge in [-0.1, -0.05) is 12.1 Å². The maximum atomic E-state index is 6.16. The molecule has 7 heteroatoms. The summed E-state index contributed by atoms with van der Waals surface area (Å²) in [4.78, 5) is 0. The topological polar surface area (TPSA) is 39.9 Å². The van der Waals surface area contributed by atoms with E-state index in [-0.39, 0.29) is 5.38 Å². The number of methoxy groups -OCH3 is 1. The number of ether oxygens (including phenoxy) is 1. The molecular weight excluding hydrogens is 397 g/mol. The lowest BCUT2D eigenvalue weighted by Crippen LogP contribution is -1.98. The second-order valence-corrected chi connectivity index (χ2v) is 6.14. The van der Waals surface area contributed by atoms with Crippen molar-refractivity contribution in [1.82, 2.24) is 15.0 Å². The molecule has 1 heterocycles. The third kappa shape index (κ3) is 3.12. The summed E-state index contributed by atoms with van der Waals surface area (Å²) in [7, 11) is 1.62. The first kappa shape index (κ1) is 14.8. The van der Waals surface area contributed by atoms with E-state index in [9.17, 15) is 0 Å². The van der Waals surface area contributed by atoms with Gasteiger partial charge in [-0.25, -0.2) is 4.68 Å². The van der Waals surface area contributed by atoms with Gasteiger partial charge in [0.15, 0.2) is 0 Å². The van der Waals surface area contributed by atoms with Crippen LogP contribution in [0, 0.1) is 0 Å². The van der Waals surface area contributed by atoms with Crippen molar-refractivity contribution in [2.75, 3.05) is 7.11 Å². The number of hydrogen-bond acceptors (Lipinski definition) is 3. The van der Waals surface area contributed by atoms with E-state index in [4.69, 9.17) is 16.3 Å². The first-order chi connectivity index (χ1) is 9.06. The zero-order valence-electron chi connectivity index (χ0n) is 10.4.